The van der Waals surface area contributed by atoms with Crippen LogP contribution in [0, 0.1) is 0 Å². The number of rotatable bonds is 5. The number of halogens is 1. The zero-order valence-electron chi connectivity index (χ0n) is 10.0. The van der Waals surface area contributed by atoms with Gasteiger partial charge in [0.25, 0.3) is 0 Å². The van der Waals surface area contributed by atoms with E-state index in [0.717, 1.165) is 0 Å². The molecule has 0 radical (unpaired) electrons. The predicted molar refractivity (Wildman–Crippen MR) is 71.5 cm³/mol. The van der Waals surface area contributed by atoms with Gasteiger partial charge in [0.05, 0.1) is 0 Å². The van der Waals surface area contributed by atoms with Crippen molar-refractivity contribution in [3.05, 3.63) is 33.8 Å². The van der Waals surface area contributed by atoms with Crippen LogP contribution < -0.4 is 0 Å². The van der Waals surface area contributed by atoms with Gasteiger partial charge in [0.1, 0.15) is 0 Å². The van der Waals surface area contributed by atoms with E-state index in [0.29, 0.717) is 5.92 Å². The number of unbranched alkanes of at least 4 members (excludes halogenated alkanes) is 2. The van der Waals surface area contributed by atoms with Gasteiger partial charge in [-0.15, -0.1) is 0 Å². The highest BCUT2D eigenvalue weighted by molar-refractivity contribution is 9.10. The Morgan fingerprint density at radius 2 is 1.93 bits per heavy atom. The minimum Gasteiger partial charge on any atom is -0.0654 e. The van der Waals surface area contributed by atoms with Crippen molar-refractivity contribution in [2.24, 2.45) is 0 Å². The summed E-state index contributed by atoms with van der Waals surface area (Å²) < 4.78 is 1.28. The molecule has 15 heavy (non-hydrogen) atoms. The first-order chi connectivity index (χ1) is 7.16. The molecule has 0 unspecified atom stereocenters. The summed E-state index contributed by atoms with van der Waals surface area (Å²) in [7, 11) is 0. The van der Waals surface area contributed by atoms with E-state index >= 15 is 0 Å². The highest BCUT2D eigenvalue weighted by atomic mass is 79.9. The zero-order chi connectivity index (χ0) is 11.3. The van der Waals surface area contributed by atoms with Crippen molar-refractivity contribution in [2.75, 3.05) is 0 Å². The van der Waals surface area contributed by atoms with E-state index in [-0.39, 0.29) is 0 Å². The molecule has 0 nitrogen and oxygen atoms in total. The molecule has 0 bridgehead atoms. The number of hydrogen-bond donors (Lipinski definition) is 0. The van der Waals surface area contributed by atoms with Crippen LogP contribution in [0.2, 0.25) is 0 Å². The van der Waals surface area contributed by atoms with Crippen molar-refractivity contribution < 1.29 is 0 Å². The second kappa shape index (κ2) is 6.32. The second-order valence-corrected chi connectivity index (χ2v) is 5.27. The molecular formula is C14H21Br. The molecule has 0 N–H and O–H groups in total. The van der Waals surface area contributed by atoms with Crippen LogP contribution in [0.3, 0.4) is 0 Å². The average Bonchev–Trinajstić information content (AvgIpc) is 2.20. The van der Waals surface area contributed by atoms with Crippen molar-refractivity contribution in [3.8, 4) is 0 Å². The Balaban J connectivity index is 2.82. The van der Waals surface area contributed by atoms with Crippen LogP contribution in [-0.2, 0) is 6.42 Å². The molecule has 0 aromatic heterocycles. The van der Waals surface area contributed by atoms with Crippen LogP contribution in [0.25, 0.3) is 0 Å². The Labute approximate surface area is 102 Å². The smallest absolute Gasteiger partial charge is 0.0210 e. The van der Waals surface area contributed by atoms with Crippen molar-refractivity contribution in [1.29, 1.82) is 0 Å². The van der Waals surface area contributed by atoms with E-state index in [1.54, 1.807) is 0 Å². The van der Waals surface area contributed by atoms with Crippen LogP contribution in [0.1, 0.15) is 57.1 Å². The van der Waals surface area contributed by atoms with Gasteiger partial charge in [0.15, 0.2) is 0 Å². The van der Waals surface area contributed by atoms with Crippen LogP contribution in [0.15, 0.2) is 22.7 Å². The normalized spacial score (nSPS) is 11.0. The first-order valence-electron chi connectivity index (χ1n) is 5.94. The van der Waals surface area contributed by atoms with E-state index < -0.39 is 0 Å². The van der Waals surface area contributed by atoms with Crippen molar-refractivity contribution in [2.45, 2.75) is 52.4 Å². The summed E-state index contributed by atoms with van der Waals surface area (Å²) in [6, 6.07) is 6.56. The largest absolute Gasteiger partial charge is 0.0654 e. The third-order valence-corrected chi connectivity index (χ3v) is 3.55. The van der Waals surface area contributed by atoms with E-state index in [1.165, 1.54) is 41.3 Å². The molecule has 0 saturated carbocycles. The first-order valence-corrected chi connectivity index (χ1v) is 6.73. The summed E-state index contributed by atoms with van der Waals surface area (Å²) in [5.41, 5.74) is 3.02. The molecule has 1 heteroatoms. The van der Waals surface area contributed by atoms with Gasteiger partial charge in [-0.3, -0.25) is 0 Å². The Morgan fingerprint density at radius 3 is 2.53 bits per heavy atom. The molecule has 0 aliphatic carbocycles. The maximum Gasteiger partial charge on any atom is 0.0210 e. The predicted octanol–water partition coefficient (Wildman–Crippen LogP) is 5.31. The van der Waals surface area contributed by atoms with Crippen LogP contribution in [0.5, 0.6) is 0 Å². The molecule has 0 heterocycles. The molecule has 1 rings (SSSR count). The minimum atomic E-state index is 0.624. The number of benzene rings is 1. The highest BCUT2D eigenvalue weighted by Gasteiger charge is 2.08. The lowest BCUT2D eigenvalue weighted by Gasteiger charge is -2.14. The molecule has 0 fully saturated rings. The van der Waals surface area contributed by atoms with Crippen molar-refractivity contribution in [3.63, 3.8) is 0 Å². The van der Waals surface area contributed by atoms with Gasteiger partial charge < -0.3 is 0 Å². The fraction of sp³-hybridized carbons (Fsp3) is 0.571. The van der Waals surface area contributed by atoms with Gasteiger partial charge in [0, 0.05) is 4.47 Å². The first kappa shape index (κ1) is 12.8. The SMILES string of the molecule is CCCCCc1c(Br)cccc1C(C)C. The number of hydrogen-bond acceptors (Lipinski definition) is 0. The molecule has 1 aromatic rings. The van der Waals surface area contributed by atoms with Gasteiger partial charge >= 0.3 is 0 Å². The summed E-state index contributed by atoms with van der Waals surface area (Å²) in [4.78, 5) is 0. The minimum absolute atomic E-state index is 0.624. The second-order valence-electron chi connectivity index (χ2n) is 4.42. The molecule has 0 atom stereocenters. The molecule has 84 valence electrons. The van der Waals surface area contributed by atoms with Crippen LogP contribution in [-0.4, -0.2) is 0 Å². The fourth-order valence-corrected chi connectivity index (χ4v) is 2.51. The molecule has 0 aliphatic rings. The van der Waals surface area contributed by atoms with Gasteiger partial charge in [-0.25, -0.2) is 0 Å². The maximum absolute atomic E-state index is 3.67. The molecule has 0 saturated heterocycles. The summed E-state index contributed by atoms with van der Waals surface area (Å²) in [6.45, 7) is 6.79. The highest BCUT2D eigenvalue weighted by Crippen LogP contribution is 2.27. The van der Waals surface area contributed by atoms with E-state index in [4.69, 9.17) is 0 Å². The third-order valence-electron chi connectivity index (χ3n) is 2.81. The lowest BCUT2D eigenvalue weighted by Crippen LogP contribution is -1.97. The van der Waals surface area contributed by atoms with Gasteiger partial charge in [0.2, 0.25) is 0 Å². The van der Waals surface area contributed by atoms with Crippen LogP contribution in [0.4, 0.5) is 0 Å². The summed E-state index contributed by atoms with van der Waals surface area (Å²) in [5, 5.41) is 0. The monoisotopic (exact) mass is 268 g/mol. The maximum atomic E-state index is 3.67. The van der Waals surface area contributed by atoms with E-state index in [2.05, 4.69) is 54.9 Å². The van der Waals surface area contributed by atoms with Crippen molar-refractivity contribution in [1.82, 2.24) is 0 Å². The van der Waals surface area contributed by atoms with Gasteiger partial charge in [-0.2, -0.15) is 0 Å². The fourth-order valence-electron chi connectivity index (χ4n) is 1.93. The average molecular weight is 269 g/mol. The quantitative estimate of drug-likeness (QED) is 0.636. The molecule has 0 spiro atoms. The Kier molecular flexibility index (Phi) is 5.38. The molecule has 1 aromatic carbocycles. The molecule has 0 amide bonds. The topological polar surface area (TPSA) is 0 Å². The van der Waals surface area contributed by atoms with E-state index in [1.807, 2.05) is 0 Å². The summed E-state index contributed by atoms with van der Waals surface area (Å²) in [6.07, 6.45) is 5.14. The summed E-state index contributed by atoms with van der Waals surface area (Å²) >= 11 is 3.67. The summed E-state index contributed by atoms with van der Waals surface area (Å²) in [5.74, 6) is 0.624. The lowest BCUT2D eigenvalue weighted by molar-refractivity contribution is 0.705. The molecule has 0 aliphatic heterocycles. The standard InChI is InChI=1S/C14H21Br/c1-4-5-6-8-13-12(11(2)3)9-7-10-14(13)15/h7,9-11H,4-6,8H2,1-3H3. The van der Waals surface area contributed by atoms with E-state index in [9.17, 15) is 0 Å². The van der Waals surface area contributed by atoms with Crippen LogP contribution >= 0.6 is 15.9 Å². The lowest BCUT2D eigenvalue weighted by atomic mass is 9.94. The van der Waals surface area contributed by atoms with Gasteiger partial charge in [-0.05, 0) is 36.0 Å². The van der Waals surface area contributed by atoms with Crippen molar-refractivity contribution >= 4 is 15.9 Å². The Morgan fingerprint density at radius 1 is 1.20 bits per heavy atom. The Bertz CT molecular complexity index is 302. The third kappa shape index (κ3) is 3.64. The van der Waals surface area contributed by atoms with Gasteiger partial charge in [-0.1, -0.05) is 61.7 Å². The molecular weight excluding hydrogens is 248 g/mol. The Hall–Kier alpha value is -0.300. The zero-order valence-corrected chi connectivity index (χ0v) is 11.6.